The number of amides is 1. The molecule has 0 aromatic heterocycles. The molecule has 0 aromatic rings. The van der Waals surface area contributed by atoms with Gasteiger partial charge in [0.05, 0.1) is 18.8 Å². The van der Waals surface area contributed by atoms with Crippen LogP contribution in [0.25, 0.3) is 0 Å². The average Bonchev–Trinajstić information content (AvgIpc) is 3.12. The van der Waals surface area contributed by atoms with Gasteiger partial charge in [0.15, 0.2) is 0 Å². The first-order chi connectivity index (χ1) is 24.5. The highest BCUT2D eigenvalue weighted by atomic mass is 16.3. The zero-order chi connectivity index (χ0) is 36.8. The third-order valence-electron chi connectivity index (χ3n) is 10.1. The lowest BCUT2D eigenvalue weighted by Gasteiger charge is -2.27. The number of carbonyl (C=O) groups excluding carboxylic acids is 1. The van der Waals surface area contributed by atoms with E-state index < -0.39 is 36.9 Å². The molecule has 0 aliphatic heterocycles. The lowest BCUT2D eigenvalue weighted by Crippen LogP contribution is -2.53. The van der Waals surface area contributed by atoms with Crippen LogP contribution in [0.2, 0.25) is 0 Å². The van der Waals surface area contributed by atoms with Crippen LogP contribution in [-0.2, 0) is 4.79 Å². The van der Waals surface area contributed by atoms with E-state index >= 15 is 0 Å². The van der Waals surface area contributed by atoms with Crippen molar-refractivity contribution in [3.05, 3.63) is 24.3 Å². The van der Waals surface area contributed by atoms with Gasteiger partial charge in [0.2, 0.25) is 5.91 Å². The third kappa shape index (κ3) is 32.7. The molecule has 50 heavy (non-hydrogen) atoms. The van der Waals surface area contributed by atoms with Crippen LogP contribution in [0.3, 0.4) is 0 Å². The largest absolute Gasteiger partial charge is 0.394 e. The summed E-state index contributed by atoms with van der Waals surface area (Å²) < 4.78 is 0. The molecule has 1 amide bonds. The molecular formula is C44H85NO5. The van der Waals surface area contributed by atoms with E-state index in [0.29, 0.717) is 12.8 Å². The predicted molar refractivity (Wildman–Crippen MR) is 214 cm³/mol. The predicted octanol–water partition coefficient (Wildman–Crippen LogP) is 11.2. The number of hydrogen-bond donors (Lipinski definition) is 5. The SMILES string of the molecule is CCCCCCCCCC/C=C/CCCC(O)C(O)C(CO)NC(=O)C(O)CCCCCCCC/C=C\CCCCCCCCCCCCC. The van der Waals surface area contributed by atoms with Gasteiger partial charge >= 0.3 is 0 Å². The van der Waals surface area contributed by atoms with Crippen LogP contribution in [0.1, 0.15) is 219 Å². The molecule has 296 valence electrons. The molecule has 0 aliphatic rings. The molecule has 6 heteroatoms. The first-order valence-corrected chi connectivity index (χ1v) is 21.7. The van der Waals surface area contributed by atoms with Gasteiger partial charge in [0, 0.05) is 0 Å². The second kappa shape index (κ2) is 39.0. The Morgan fingerprint density at radius 2 is 0.820 bits per heavy atom. The molecule has 0 bridgehead atoms. The molecule has 0 radical (unpaired) electrons. The van der Waals surface area contributed by atoms with Gasteiger partial charge in [-0.25, -0.2) is 0 Å². The summed E-state index contributed by atoms with van der Waals surface area (Å²) in [5.74, 6) is -0.598. The van der Waals surface area contributed by atoms with Gasteiger partial charge in [-0.05, 0) is 64.2 Å². The zero-order valence-electron chi connectivity index (χ0n) is 33.2. The van der Waals surface area contributed by atoms with Gasteiger partial charge in [-0.3, -0.25) is 4.79 Å². The number of allylic oxidation sites excluding steroid dienone is 4. The summed E-state index contributed by atoms with van der Waals surface area (Å²) in [6.07, 6.45) is 43.5. The van der Waals surface area contributed by atoms with Crippen LogP contribution in [0.15, 0.2) is 24.3 Å². The molecule has 4 unspecified atom stereocenters. The molecule has 4 atom stereocenters. The van der Waals surface area contributed by atoms with E-state index in [1.54, 1.807) is 0 Å². The summed E-state index contributed by atoms with van der Waals surface area (Å²) in [5, 5.41) is 43.6. The Kier molecular flexibility index (Phi) is 38.1. The smallest absolute Gasteiger partial charge is 0.249 e. The molecule has 0 fully saturated rings. The number of hydrogen-bond acceptors (Lipinski definition) is 5. The highest BCUT2D eigenvalue weighted by Gasteiger charge is 2.28. The van der Waals surface area contributed by atoms with Crippen molar-refractivity contribution in [1.29, 1.82) is 0 Å². The highest BCUT2D eigenvalue weighted by Crippen LogP contribution is 2.15. The molecule has 5 N–H and O–H groups in total. The molecule has 0 saturated heterocycles. The van der Waals surface area contributed by atoms with E-state index in [4.69, 9.17) is 0 Å². The van der Waals surface area contributed by atoms with Crippen LogP contribution in [0.4, 0.5) is 0 Å². The second-order valence-corrected chi connectivity index (χ2v) is 15.0. The number of unbranched alkanes of at least 4 members (excludes halogenated alkanes) is 26. The maximum atomic E-state index is 12.5. The topological polar surface area (TPSA) is 110 Å². The van der Waals surface area contributed by atoms with Gasteiger partial charge in [0.1, 0.15) is 12.2 Å². The van der Waals surface area contributed by atoms with Crippen LogP contribution >= 0.6 is 0 Å². The monoisotopic (exact) mass is 708 g/mol. The standard InChI is InChI=1S/C44H85NO5/c1-3-5-7-9-11-13-15-17-18-19-20-21-22-23-24-26-28-30-32-34-36-38-42(48)44(50)45-40(39-46)43(49)41(47)37-35-33-31-29-27-25-16-14-12-10-8-6-4-2/h22-23,29,31,40-43,46-49H,3-21,24-28,30,32-39H2,1-2H3,(H,45,50)/b23-22-,31-29+. The molecule has 0 saturated carbocycles. The number of nitrogens with one attached hydrogen (secondary N) is 1. The molecule has 0 aromatic carbocycles. The van der Waals surface area contributed by atoms with Crippen molar-refractivity contribution in [3.8, 4) is 0 Å². The van der Waals surface area contributed by atoms with Crippen molar-refractivity contribution in [2.75, 3.05) is 6.61 Å². The Hall–Kier alpha value is -1.21. The van der Waals surface area contributed by atoms with Crippen molar-refractivity contribution in [2.45, 2.75) is 244 Å². The van der Waals surface area contributed by atoms with E-state index in [1.165, 1.54) is 148 Å². The van der Waals surface area contributed by atoms with Crippen molar-refractivity contribution < 1.29 is 25.2 Å². The van der Waals surface area contributed by atoms with Crippen LogP contribution in [-0.4, -0.2) is 57.3 Å². The Labute approximate surface area is 310 Å². The zero-order valence-corrected chi connectivity index (χ0v) is 33.2. The molecule has 6 nitrogen and oxygen atoms in total. The quantitative estimate of drug-likeness (QED) is 0.0323. The van der Waals surface area contributed by atoms with Crippen LogP contribution in [0, 0.1) is 0 Å². The van der Waals surface area contributed by atoms with Gasteiger partial charge in [-0.15, -0.1) is 0 Å². The summed E-state index contributed by atoms with van der Waals surface area (Å²) >= 11 is 0. The fourth-order valence-corrected chi connectivity index (χ4v) is 6.63. The lowest BCUT2D eigenvalue weighted by atomic mass is 10.00. The summed E-state index contributed by atoms with van der Waals surface area (Å²) in [6.45, 7) is 4.03. The average molecular weight is 708 g/mol. The normalized spacial score (nSPS) is 14.4. The summed E-state index contributed by atoms with van der Waals surface area (Å²) in [6, 6.07) is -1.00. The maximum absolute atomic E-state index is 12.5. The van der Waals surface area contributed by atoms with Crippen molar-refractivity contribution in [1.82, 2.24) is 5.32 Å². The van der Waals surface area contributed by atoms with Crippen molar-refractivity contribution >= 4 is 5.91 Å². The Bertz CT molecular complexity index is 757. The first-order valence-electron chi connectivity index (χ1n) is 21.7. The molecular weight excluding hydrogens is 622 g/mol. The van der Waals surface area contributed by atoms with Gasteiger partial charge in [-0.2, -0.15) is 0 Å². The minimum absolute atomic E-state index is 0.357. The minimum Gasteiger partial charge on any atom is -0.394 e. The van der Waals surface area contributed by atoms with E-state index in [9.17, 15) is 25.2 Å². The fourth-order valence-electron chi connectivity index (χ4n) is 6.63. The van der Waals surface area contributed by atoms with Crippen molar-refractivity contribution in [3.63, 3.8) is 0 Å². The van der Waals surface area contributed by atoms with Gasteiger partial charge in [-0.1, -0.05) is 179 Å². The number of aliphatic hydroxyl groups excluding tert-OH is 4. The van der Waals surface area contributed by atoms with E-state index in [-0.39, 0.29) is 0 Å². The maximum Gasteiger partial charge on any atom is 0.249 e. The van der Waals surface area contributed by atoms with E-state index in [2.05, 4.69) is 43.5 Å². The second-order valence-electron chi connectivity index (χ2n) is 15.0. The first kappa shape index (κ1) is 48.8. The lowest BCUT2D eigenvalue weighted by molar-refractivity contribution is -0.132. The van der Waals surface area contributed by atoms with Crippen molar-refractivity contribution in [2.24, 2.45) is 0 Å². The number of aliphatic hydroxyl groups is 4. The summed E-state index contributed by atoms with van der Waals surface area (Å²) in [4.78, 5) is 12.5. The summed E-state index contributed by atoms with van der Waals surface area (Å²) in [5.41, 5.74) is 0. The third-order valence-corrected chi connectivity index (χ3v) is 10.1. The molecule has 0 heterocycles. The van der Waals surface area contributed by atoms with E-state index in [0.717, 1.165) is 44.9 Å². The van der Waals surface area contributed by atoms with Gasteiger partial charge < -0.3 is 25.7 Å². The fraction of sp³-hybridized carbons (Fsp3) is 0.886. The number of rotatable bonds is 39. The van der Waals surface area contributed by atoms with Crippen LogP contribution in [0.5, 0.6) is 0 Å². The van der Waals surface area contributed by atoms with Crippen LogP contribution < -0.4 is 5.32 Å². The molecule has 0 rings (SSSR count). The Balaban J connectivity index is 3.76. The molecule has 0 spiro atoms. The number of carbonyl (C=O) groups is 1. The highest BCUT2D eigenvalue weighted by molar-refractivity contribution is 5.80. The van der Waals surface area contributed by atoms with E-state index in [1.807, 2.05) is 0 Å². The Morgan fingerprint density at radius 1 is 0.480 bits per heavy atom. The Morgan fingerprint density at radius 3 is 1.20 bits per heavy atom. The van der Waals surface area contributed by atoms with Gasteiger partial charge in [0.25, 0.3) is 0 Å². The summed E-state index contributed by atoms with van der Waals surface area (Å²) in [7, 11) is 0. The molecule has 0 aliphatic carbocycles. The minimum atomic E-state index is -1.28.